The Kier molecular flexibility index (Phi) is 6.87. The number of amides is 1. The third-order valence-electron chi connectivity index (χ3n) is 3.26. The minimum absolute atomic E-state index is 0. The number of hydrogen-bond acceptors (Lipinski definition) is 4. The Hall–Kier alpha value is -1.37. The first-order valence-electron chi connectivity index (χ1n) is 6.57. The smallest absolute Gasteiger partial charge is 0.240 e. The summed E-state index contributed by atoms with van der Waals surface area (Å²) in [6.07, 6.45) is 0. The molecular formula is C14H20ClFN2O3. The van der Waals surface area contributed by atoms with E-state index in [4.69, 9.17) is 9.47 Å². The minimum atomic E-state index is -0.484. The van der Waals surface area contributed by atoms with Gasteiger partial charge in [-0.15, -0.1) is 12.4 Å². The number of benzene rings is 1. The zero-order valence-corrected chi connectivity index (χ0v) is 12.8. The molecule has 1 aromatic carbocycles. The van der Waals surface area contributed by atoms with Crippen molar-refractivity contribution >= 4 is 18.3 Å². The van der Waals surface area contributed by atoms with Crippen molar-refractivity contribution in [1.82, 2.24) is 10.6 Å². The molecule has 2 N–H and O–H groups in total. The van der Waals surface area contributed by atoms with Crippen LogP contribution in [0.3, 0.4) is 0 Å². The van der Waals surface area contributed by atoms with Crippen molar-refractivity contribution in [3.05, 3.63) is 29.6 Å². The van der Waals surface area contributed by atoms with E-state index in [1.165, 1.54) is 13.2 Å². The Morgan fingerprint density at radius 1 is 1.57 bits per heavy atom. The Morgan fingerprint density at radius 3 is 2.95 bits per heavy atom. The van der Waals surface area contributed by atoms with Crippen LogP contribution in [0.5, 0.6) is 5.75 Å². The lowest BCUT2D eigenvalue weighted by Gasteiger charge is -2.25. The van der Waals surface area contributed by atoms with Crippen molar-refractivity contribution in [2.24, 2.45) is 0 Å². The van der Waals surface area contributed by atoms with Crippen molar-refractivity contribution in [1.29, 1.82) is 0 Å². The summed E-state index contributed by atoms with van der Waals surface area (Å²) in [6, 6.07) is 3.71. The van der Waals surface area contributed by atoms with Gasteiger partial charge in [0.05, 0.1) is 31.9 Å². The lowest BCUT2D eigenvalue weighted by molar-refractivity contribution is -0.126. The zero-order chi connectivity index (χ0) is 14.5. The molecule has 5 nitrogen and oxygen atoms in total. The largest absolute Gasteiger partial charge is 0.496 e. The molecule has 0 radical (unpaired) electrons. The normalized spacial score (nSPS) is 19.3. The van der Waals surface area contributed by atoms with Gasteiger partial charge < -0.3 is 20.1 Å². The fourth-order valence-electron chi connectivity index (χ4n) is 2.24. The van der Waals surface area contributed by atoms with Gasteiger partial charge in [0.15, 0.2) is 0 Å². The van der Waals surface area contributed by atoms with Crippen molar-refractivity contribution in [3.63, 3.8) is 0 Å². The topological polar surface area (TPSA) is 59.6 Å². The maximum Gasteiger partial charge on any atom is 0.240 e. The third-order valence-corrected chi connectivity index (χ3v) is 3.26. The van der Waals surface area contributed by atoms with Gasteiger partial charge in [0.25, 0.3) is 0 Å². The van der Waals surface area contributed by atoms with E-state index >= 15 is 0 Å². The van der Waals surface area contributed by atoms with Crippen LogP contribution in [0.4, 0.5) is 4.39 Å². The van der Waals surface area contributed by atoms with Gasteiger partial charge >= 0.3 is 0 Å². The van der Waals surface area contributed by atoms with Gasteiger partial charge in [-0.3, -0.25) is 4.79 Å². The predicted molar refractivity (Wildman–Crippen MR) is 79.4 cm³/mol. The Labute approximate surface area is 129 Å². The van der Waals surface area contributed by atoms with Crippen molar-refractivity contribution < 1.29 is 18.7 Å². The highest BCUT2D eigenvalue weighted by Gasteiger charge is 2.24. The molecule has 2 rings (SSSR count). The van der Waals surface area contributed by atoms with Crippen molar-refractivity contribution in [3.8, 4) is 5.75 Å². The number of halogens is 2. The summed E-state index contributed by atoms with van der Waals surface area (Å²) in [5.41, 5.74) is 0.347. The number of carbonyl (C=O) groups excluding carboxylic acids is 1. The summed E-state index contributed by atoms with van der Waals surface area (Å²) in [6.45, 7) is 3.28. The van der Waals surface area contributed by atoms with E-state index in [9.17, 15) is 9.18 Å². The molecule has 1 aromatic rings. The molecular weight excluding hydrogens is 299 g/mol. The lowest BCUT2D eigenvalue weighted by Crippen LogP contribution is -2.51. The van der Waals surface area contributed by atoms with Crippen LogP contribution in [0.1, 0.15) is 18.5 Å². The summed E-state index contributed by atoms with van der Waals surface area (Å²) in [5.74, 6) is -0.182. The molecule has 1 saturated heterocycles. The van der Waals surface area contributed by atoms with Gasteiger partial charge in [-0.05, 0) is 19.1 Å². The second-order valence-electron chi connectivity index (χ2n) is 4.67. The average Bonchev–Trinajstić information content (AvgIpc) is 2.47. The van der Waals surface area contributed by atoms with Crippen LogP contribution in [0.25, 0.3) is 0 Å². The van der Waals surface area contributed by atoms with Gasteiger partial charge in [-0.2, -0.15) is 0 Å². The van der Waals surface area contributed by atoms with E-state index < -0.39 is 17.9 Å². The molecule has 0 spiro atoms. The number of morpholine rings is 1. The van der Waals surface area contributed by atoms with Gasteiger partial charge in [-0.1, -0.05) is 6.07 Å². The summed E-state index contributed by atoms with van der Waals surface area (Å²) in [4.78, 5) is 12.1. The molecule has 0 aliphatic carbocycles. The van der Waals surface area contributed by atoms with Crippen LogP contribution in [-0.2, 0) is 9.53 Å². The minimum Gasteiger partial charge on any atom is -0.496 e. The quantitative estimate of drug-likeness (QED) is 0.881. The van der Waals surface area contributed by atoms with Crippen LogP contribution >= 0.6 is 12.4 Å². The monoisotopic (exact) mass is 318 g/mol. The molecule has 1 heterocycles. The molecule has 21 heavy (non-hydrogen) atoms. The third kappa shape index (κ3) is 4.30. The Morgan fingerprint density at radius 2 is 2.33 bits per heavy atom. The zero-order valence-electron chi connectivity index (χ0n) is 12.0. The molecule has 1 amide bonds. The lowest BCUT2D eigenvalue weighted by atomic mass is 10.1. The Bertz CT molecular complexity index is 481. The summed E-state index contributed by atoms with van der Waals surface area (Å²) in [7, 11) is 1.48. The van der Waals surface area contributed by atoms with Gasteiger partial charge in [0.2, 0.25) is 5.91 Å². The summed E-state index contributed by atoms with van der Waals surface area (Å²) >= 11 is 0. The number of methoxy groups -OCH3 is 1. The number of nitrogens with one attached hydrogen (secondary N) is 2. The van der Waals surface area contributed by atoms with Gasteiger partial charge in [0, 0.05) is 6.54 Å². The van der Waals surface area contributed by atoms with Crippen LogP contribution in [0.15, 0.2) is 18.2 Å². The molecule has 0 saturated carbocycles. The predicted octanol–water partition coefficient (Wildman–Crippen LogP) is 1.42. The van der Waals surface area contributed by atoms with Crippen LogP contribution < -0.4 is 15.4 Å². The van der Waals surface area contributed by atoms with Gasteiger partial charge in [-0.25, -0.2) is 4.39 Å². The van der Waals surface area contributed by atoms with E-state index in [1.54, 1.807) is 19.1 Å². The summed E-state index contributed by atoms with van der Waals surface area (Å²) in [5, 5.41) is 5.84. The molecule has 1 fully saturated rings. The molecule has 2 unspecified atom stereocenters. The average molecular weight is 319 g/mol. The standard InChI is InChI=1S/C14H19FN2O3.ClH/c1-9(13-10(15)4-3-5-12(13)19-2)17-14(18)11-8-20-7-6-16-11;/h3-5,9,11,16H,6-8H2,1-2H3,(H,17,18);1H. The molecule has 2 atom stereocenters. The Balaban J connectivity index is 0.00000220. The molecule has 0 bridgehead atoms. The molecule has 118 valence electrons. The number of ether oxygens (including phenoxy) is 2. The number of hydrogen-bond donors (Lipinski definition) is 2. The first kappa shape index (κ1) is 17.7. The molecule has 7 heteroatoms. The van der Waals surface area contributed by atoms with Crippen LogP contribution in [0, 0.1) is 5.82 Å². The van der Waals surface area contributed by atoms with Crippen molar-refractivity contribution in [2.75, 3.05) is 26.9 Å². The fourth-order valence-corrected chi connectivity index (χ4v) is 2.24. The fraction of sp³-hybridized carbons (Fsp3) is 0.500. The van der Waals surface area contributed by atoms with Gasteiger partial charge in [0.1, 0.15) is 17.6 Å². The number of rotatable bonds is 4. The first-order chi connectivity index (χ1) is 9.63. The van der Waals surface area contributed by atoms with E-state index in [2.05, 4.69) is 10.6 Å². The molecule has 0 aromatic heterocycles. The van der Waals surface area contributed by atoms with Crippen LogP contribution in [0.2, 0.25) is 0 Å². The van der Waals surface area contributed by atoms with E-state index in [-0.39, 0.29) is 18.3 Å². The molecule has 1 aliphatic heterocycles. The second-order valence-corrected chi connectivity index (χ2v) is 4.67. The maximum absolute atomic E-state index is 13.9. The first-order valence-corrected chi connectivity index (χ1v) is 6.57. The summed E-state index contributed by atoms with van der Waals surface area (Å²) < 4.78 is 24.3. The van der Waals surface area contributed by atoms with Crippen molar-refractivity contribution in [2.45, 2.75) is 19.0 Å². The highest BCUT2D eigenvalue weighted by Crippen LogP contribution is 2.27. The van der Waals surface area contributed by atoms with E-state index in [1.807, 2.05) is 0 Å². The maximum atomic E-state index is 13.9. The van der Waals surface area contributed by atoms with Crippen LogP contribution in [-0.4, -0.2) is 38.8 Å². The second kappa shape index (κ2) is 8.17. The highest BCUT2D eigenvalue weighted by molar-refractivity contribution is 5.85. The van der Waals surface area contributed by atoms with E-state index in [0.29, 0.717) is 31.1 Å². The SMILES string of the molecule is COc1cccc(F)c1C(C)NC(=O)C1COCCN1.Cl. The highest BCUT2D eigenvalue weighted by atomic mass is 35.5. The van der Waals surface area contributed by atoms with E-state index in [0.717, 1.165) is 0 Å². The molecule has 1 aliphatic rings. The number of carbonyl (C=O) groups is 1.